The molecule has 1 aliphatic heterocycles. The lowest BCUT2D eigenvalue weighted by atomic mass is 9.83. The van der Waals surface area contributed by atoms with Gasteiger partial charge in [-0.1, -0.05) is 36.4 Å². The average Bonchev–Trinajstić information content (AvgIpc) is 3.23. The van der Waals surface area contributed by atoms with Crippen molar-refractivity contribution in [2.45, 2.75) is 18.9 Å². The molecule has 5 nitrogen and oxygen atoms in total. The molecule has 164 valence electrons. The van der Waals surface area contributed by atoms with E-state index in [1.807, 2.05) is 25.1 Å². The molecule has 5 rings (SSSR count). The fourth-order valence-corrected chi connectivity index (χ4v) is 4.77. The number of rotatable bonds is 6. The second-order valence-electron chi connectivity index (χ2n) is 8.01. The van der Waals surface area contributed by atoms with Gasteiger partial charge in [0.1, 0.15) is 5.75 Å². The summed E-state index contributed by atoms with van der Waals surface area (Å²) in [6, 6.07) is 23.2. The molecule has 2 atom stereocenters. The minimum Gasteiger partial charge on any atom is -0.497 e. The maximum atomic E-state index is 5.84. The molecule has 0 saturated carbocycles. The number of methoxy groups -OCH3 is 2. The number of fused-ring (bicyclic) bond motifs is 3. The summed E-state index contributed by atoms with van der Waals surface area (Å²) in [6.07, 6.45) is 0. The molecule has 3 aromatic carbocycles. The van der Waals surface area contributed by atoms with Crippen LogP contribution in [0.5, 0.6) is 17.2 Å². The molecule has 0 radical (unpaired) electrons. The van der Waals surface area contributed by atoms with Crippen LogP contribution in [0, 0.1) is 0 Å². The topological polar surface area (TPSA) is 55.5 Å². The molecule has 0 bridgehead atoms. The van der Waals surface area contributed by atoms with Gasteiger partial charge in [-0.25, -0.2) is 0 Å². The van der Waals surface area contributed by atoms with E-state index >= 15 is 0 Å². The molecule has 0 saturated heterocycles. The zero-order chi connectivity index (χ0) is 22.1. The van der Waals surface area contributed by atoms with Crippen LogP contribution in [0.25, 0.3) is 10.9 Å². The molecule has 0 spiro atoms. The normalized spacial score (nSPS) is 17.7. The second kappa shape index (κ2) is 8.60. The number of aromatic nitrogens is 1. The van der Waals surface area contributed by atoms with Gasteiger partial charge in [0.15, 0.2) is 11.5 Å². The van der Waals surface area contributed by atoms with E-state index in [0.717, 1.165) is 34.9 Å². The van der Waals surface area contributed by atoms with E-state index < -0.39 is 0 Å². The van der Waals surface area contributed by atoms with E-state index in [-0.39, 0.29) is 12.0 Å². The predicted molar refractivity (Wildman–Crippen MR) is 127 cm³/mol. The van der Waals surface area contributed by atoms with Gasteiger partial charge in [0, 0.05) is 29.1 Å². The molecule has 0 unspecified atom stereocenters. The monoisotopic (exact) mass is 428 g/mol. The van der Waals surface area contributed by atoms with Crippen LogP contribution >= 0.6 is 0 Å². The fourth-order valence-electron chi connectivity index (χ4n) is 4.77. The number of aromatic amines is 1. The number of benzene rings is 3. The zero-order valence-corrected chi connectivity index (χ0v) is 18.6. The summed E-state index contributed by atoms with van der Waals surface area (Å²) in [5, 5.41) is 5.05. The van der Waals surface area contributed by atoms with Crippen molar-refractivity contribution >= 4 is 10.9 Å². The lowest BCUT2D eigenvalue weighted by molar-refractivity contribution is 0.310. The zero-order valence-electron chi connectivity index (χ0n) is 18.6. The van der Waals surface area contributed by atoms with Crippen LogP contribution in [0.1, 0.15) is 41.3 Å². The number of hydrogen-bond donors (Lipinski definition) is 2. The Hall–Kier alpha value is -3.44. The first-order chi connectivity index (χ1) is 15.7. The summed E-state index contributed by atoms with van der Waals surface area (Å²) in [5.74, 6) is 2.63. The molecule has 2 N–H and O–H groups in total. The van der Waals surface area contributed by atoms with Gasteiger partial charge in [-0.05, 0) is 53.9 Å². The Kier molecular flexibility index (Phi) is 5.50. The standard InChI is InChI=1S/C27H28N2O3/c1-4-32-24-15-18(11-14-23(24)31-3)26-27-25(20-7-5-6-8-22(20)29-27)21(16-28-26)17-9-12-19(30-2)13-10-17/h5-15,21,26,28-29H,4,16H2,1-3H3/t21-,26+/m1/s1. The molecule has 0 amide bonds. The molecule has 1 aromatic heterocycles. The lowest BCUT2D eigenvalue weighted by Crippen LogP contribution is -2.34. The number of para-hydroxylation sites is 1. The summed E-state index contributed by atoms with van der Waals surface area (Å²) >= 11 is 0. The van der Waals surface area contributed by atoms with Gasteiger partial charge >= 0.3 is 0 Å². The molecular weight excluding hydrogens is 400 g/mol. The Labute approximate surface area is 188 Å². The highest BCUT2D eigenvalue weighted by molar-refractivity contribution is 5.86. The van der Waals surface area contributed by atoms with Crippen molar-refractivity contribution in [3.63, 3.8) is 0 Å². The third-order valence-corrected chi connectivity index (χ3v) is 6.28. The maximum absolute atomic E-state index is 5.84. The quantitative estimate of drug-likeness (QED) is 0.431. The fraction of sp³-hybridized carbons (Fsp3) is 0.259. The van der Waals surface area contributed by atoms with Crippen molar-refractivity contribution < 1.29 is 14.2 Å². The Bertz CT molecular complexity index is 1230. The molecule has 2 heterocycles. The first kappa shape index (κ1) is 20.5. The van der Waals surface area contributed by atoms with Gasteiger partial charge < -0.3 is 24.5 Å². The van der Waals surface area contributed by atoms with Gasteiger partial charge in [-0.15, -0.1) is 0 Å². The summed E-state index contributed by atoms with van der Waals surface area (Å²) in [5.41, 5.74) is 6.13. The molecule has 5 heteroatoms. The molecular formula is C27H28N2O3. The van der Waals surface area contributed by atoms with Gasteiger partial charge in [-0.3, -0.25) is 0 Å². The van der Waals surface area contributed by atoms with Crippen molar-refractivity contribution in [2.75, 3.05) is 27.4 Å². The maximum Gasteiger partial charge on any atom is 0.161 e. The van der Waals surface area contributed by atoms with Gasteiger partial charge in [0.2, 0.25) is 0 Å². The third kappa shape index (κ3) is 3.49. The van der Waals surface area contributed by atoms with Crippen LogP contribution in [0.3, 0.4) is 0 Å². The number of nitrogens with one attached hydrogen (secondary N) is 2. The van der Waals surface area contributed by atoms with Crippen LogP contribution in [-0.2, 0) is 0 Å². The van der Waals surface area contributed by atoms with Crippen molar-refractivity contribution in [3.05, 3.63) is 89.1 Å². The third-order valence-electron chi connectivity index (χ3n) is 6.28. The summed E-state index contributed by atoms with van der Waals surface area (Å²) in [4.78, 5) is 3.71. The molecule has 0 aliphatic carbocycles. The summed E-state index contributed by atoms with van der Waals surface area (Å²) in [6.45, 7) is 3.41. The highest BCUT2D eigenvalue weighted by Gasteiger charge is 2.32. The molecule has 4 aromatic rings. The van der Waals surface area contributed by atoms with Gasteiger partial charge in [0.25, 0.3) is 0 Å². The van der Waals surface area contributed by atoms with Crippen molar-refractivity contribution in [2.24, 2.45) is 0 Å². The van der Waals surface area contributed by atoms with E-state index in [1.165, 1.54) is 22.2 Å². The van der Waals surface area contributed by atoms with Gasteiger partial charge in [0.05, 0.1) is 26.9 Å². The SMILES string of the molecule is CCOc1cc([C@@H]2NC[C@H](c3ccc(OC)cc3)c3c2[nH]c2ccccc32)ccc1OC. The first-order valence-electron chi connectivity index (χ1n) is 11.0. The number of hydrogen-bond acceptors (Lipinski definition) is 4. The highest BCUT2D eigenvalue weighted by atomic mass is 16.5. The Morgan fingerprint density at radius 1 is 0.875 bits per heavy atom. The summed E-state index contributed by atoms with van der Waals surface area (Å²) in [7, 11) is 3.37. The minimum atomic E-state index is 0.0389. The predicted octanol–water partition coefficient (Wildman–Crippen LogP) is 5.41. The van der Waals surface area contributed by atoms with E-state index in [1.54, 1.807) is 14.2 Å². The molecule has 32 heavy (non-hydrogen) atoms. The smallest absolute Gasteiger partial charge is 0.161 e. The second-order valence-corrected chi connectivity index (χ2v) is 8.01. The van der Waals surface area contributed by atoms with Crippen molar-refractivity contribution in [1.29, 1.82) is 0 Å². The lowest BCUT2D eigenvalue weighted by Gasteiger charge is -2.31. The van der Waals surface area contributed by atoms with E-state index in [4.69, 9.17) is 14.2 Å². The Morgan fingerprint density at radius 3 is 2.41 bits per heavy atom. The van der Waals surface area contributed by atoms with Crippen LogP contribution in [-0.4, -0.2) is 32.4 Å². The van der Waals surface area contributed by atoms with Gasteiger partial charge in [-0.2, -0.15) is 0 Å². The Balaban J connectivity index is 1.62. The van der Waals surface area contributed by atoms with E-state index in [0.29, 0.717) is 6.61 Å². The molecule has 1 aliphatic rings. The van der Waals surface area contributed by atoms with Crippen LogP contribution < -0.4 is 19.5 Å². The molecule has 0 fully saturated rings. The number of ether oxygens (including phenoxy) is 3. The van der Waals surface area contributed by atoms with Crippen LogP contribution in [0.2, 0.25) is 0 Å². The largest absolute Gasteiger partial charge is 0.497 e. The first-order valence-corrected chi connectivity index (χ1v) is 11.0. The van der Waals surface area contributed by atoms with Crippen molar-refractivity contribution in [3.8, 4) is 17.2 Å². The van der Waals surface area contributed by atoms with E-state index in [2.05, 4.69) is 58.8 Å². The average molecular weight is 429 g/mol. The minimum absolute atomic E-state index is 0.0389. The summed E-state index contributed by atoms with van der Waals surface area (Å²) < 4.78 is 16.7. The van der Waals surface area contributed by atoms with Crippen LogP contribution in [0.15, 0.2) is 66.7 Å². The number of H-pyrrole nitrogens is 1. The van der Waals surface area contributed by atoms with E-state index in [9.17, 15) is 0 Å². The van der Waals surface area contributed by atoms with Crippen LogP contribution in [0.4, 0.5) is 0 Å². The van der Waals surface area contributed by atoms with Crippen molar-refractivity contribution in [1.82, 2.24) is 10.3 Å². The highest BCUT2D eigenvalue weighted by Crippen LogP contribution is 2.43. The Morgan fingerprint density at radius 2 is 1.66 bits per heavy atom.